The third kappa shape index (κ3) is 6.52. The third-order valence-electron chi connectivity index (χ3n) is 4.58. The van der Waals surface area contributed by atoms with Gasteiger partial charge in [-0.05, 0) is 18.4 Å². The van der Waals surface area contributed by atoms with E-state index in [2.05, 4.69) is 46.4 Å². The lowest BCUT2D eigenvalue weighted by Crippen LogP contribution is -2.40. The van der Waals surface area contributed by atoms with Gasteiger partial charge in [0, 0.05) is 32.6 Å². The van der Waals surface area contributed by atoms with Gasteiger partial charge in [-0.15, -0.1) is 0 Å². The first-order valence-corrected chi connectivity index (χ1v) is 9.40. The smallest absolute Gasteiger partial charge is 0.193 e. The van der Waals surface area contributed by atoms with Crippen LogP contribution in [0.4, 0.5) is 0 Å². The molecule has 0 spiro atoms. The molecule has 0 aromatic heterocycles. The van der Waals surface area contributed by atoms with E-state index in [0.717, 1.165) is 32.2 Å². The average molecular weight is 332 g/mol. The number of benzene rings is 1. The van der Waals surface area contributed by atoms with Crippen LogP contribution in [0.2, 0.25) is 0 Å². The molecule has 0 aliphatic carbocycles. The molecular formula is C20H33N3O. The number of guanidine groups is 1. The minimum Gasteiger partial charge on any atom is -0.376 e. The molecule has 1 aliphatic rings. The minimum atomic E-state index is 0.604. The van der Waals surface area contributed by atoms with Crippen molar-refractivity contribution in [1.82, 2.24) is 10.2 Å². The molecule has 1 aromatic rings. The summed E-state index contributed by atoms with van der Waals surface area (Å²) >= 11 is 0. The van der Waals surface area contributed by atoms with Gasteiger partial charge < -0.3 is 15.0 Å². The van der Waals surface area contributed by atoms with Crippen molar-refractivity contribution < 1.29 is 4.74 Å². The van der Waals surface area contributed by atoms with Gasteiger partial charge in [0.25, 0.3) is 0 Å². The molecule has 1 aliphatic heterocycles. The van der Waals surface area contributed by atoms with Gasteiger partial charge in [0.15, 0.2) is 5.96 Å². The second-order valence-electron chi connectivity index (χ2n) is 6.64. The fraction of sp³-hybridized carbons (Fsp3) is 0.650. The Hall–Kier alpha value is -1.55. The second-order valence-corrected chi connectivity index (χ2v) is 6.64. The third-order valence-corrected chi connectivity index (χ3v) is 4.58. The Morgan fingerprint density at radius 1 is 1.25 bits per heavy atom. The maximum atomic E-state index is 5.90. The lowest BCUT2D eigenvalue weighted by atomic mass is 10.1. The fourth-order valence-corrected chi connectivity index (χ4v) is 3.16. The largest absolute Gasteiger partial charge is 0.376 e. The first kappa shape index (κ1) is 18.8. The van der Waals surface area contributed by atoms with Crippen molar-refractivity contribution >= 4 is 5.96 Å². The highest BCUT2D eigenvalue weighted by molar-refractivity contribution is 5.80. The highest BCUT2D eigenvalue weighted by Crippen LogP contribution is 2.17. The van der Waals surface area contributed by atoms with E-state index < -0.39 is 0 Å². The maximum Gasteiger partial charge on any atom is 0.193 e. The zero-order valence-electron chi connectivity index (χ0n) is 15.3. The van der Waals surface area contributed by atoms with Crippen LogP contribution in [0.1, 0.15) is 44.6 Å². The normalized spacial score (nSPS) is 18.2. The molecule has 1 saturated heterocycles. The number of ether oxygens (including phenoxy) is 1. The Kier molecular flexibility index (Phi) is 8.67. The zero-order valence-corrected chi connectivity index (χ0v) is 15.3. The summed E-state index contributed by atoms with van der Waals surface area (Å²) in [6.07, 6.45) is 6.32. The molecule has 0 amide bonds. The van der Waals surface area contributed by atoms with Crippen LogP contribution in [0.25, 0.3) is 0 Å². The summed E-state index contributed by atoms with van der Waals surface area (Å²) in [5, 5.41) is 3.51. The number of rotatable bonds is 9. The highest BCUT2D eigenvalue weighted by Gasteiger charge is 2.24. The second kappa shape index (κ2) is 11.1. The Bertz CT molecular complexity index is 475. The number of unbranched alkanes of at least 4 members (excludes halogenated alkanes) is 3. The van der Waals surface area contributed by atoms with Gasteiger partial charge >= 0.3 is 0 Å². The SMILES string of the molecule is CCCCCCNC(=NC)N1CCC(COCc2ccccc2)C1. The van der Waals surface area contributed by atoms with Crippen molar-refractivity contribution in [2.45, 2.75) is 45.6 Å². The number of nitrogens with zero attached hydrogens (tertiary/aromatic N) is 2. The van der Waals surface area contributed by atoms with Crippen molar-refractivity contribution in [3.05, 3.63) is 35.9 Å². The quantitative estimate of drug-likeness (QED) is 0.426. The van der Waals surface area contributed by atoms with Crippen molar-refractivity contribution in [3.63, 3.8) is 0 Å². The van der Waals surface area contributed by atoms with Gasteiger partial charge in [-0.25, -0.2) is 0 Å². The zero-order chi connectivity index (χ0) is 17.0. The van der Waals surface area contributed by atoms with Crippen molar-refractivity contribution in [3.8, 4) is 0 Å². The van der Waals surface area contributed by atoms with E-state index in [4.69, 9.17) is 4.74 Å². The lowest BCUT2D eigenvalue weighted by Gasteiger charge is -2.21. The summed E-state index contributed by atoms with van der Waals surface area (Å²) in [6, 6.07) is 10.4. The number of hydrogen-bond donors (Lipinski definition) is 1. The Morgan fingerprint density at radius 3 is 2.83 bits per heavy atom. The van der Waals surface area contributed by atoms with Crippen LogP contribution in [0.15, 0.2) is 35.3 Å². The molecule has 1 unspecified atom stereocenters. The minimum absolute atomic E-state index is 0.604. The molecule has 0 bridgehead atoms. The molecule has 0 saturated carbocycles. The van der Waals surface area contributed by atoms with E-state index in [1.165, 1.54) is 37.7 Å². The van der Waals surface area contributed by atoms with Crippen LogP contribution < -0.4 is 5.32 Å². The van der Waals surface area contributed by atoms with Crippen LogP contribution >= 0.6 is 0 Å². The van der Waals surface area contributed by atoms with Crippen LogP contribution in [-0.2, 0) is 11.3 Å². The topological polar surface area (TPSA) is 36.9 Å². The summed E-state index contributed by atoms with van der Waals surface area (Å²) < 4.78 is 5.90. The fourth-order valence-electron chi connectivity index (χ4n) is 3.16. The summed E-state index contributed by atoms with van der Waals surface area (Å²) in [4.78, 5) is 6.81. The van der Waals surface area contributed by atoms with Gasteiger partial charge in [0.05, 0.1) is 13.2 Å². The van der Waals surface area contributed by atoms with E-state index in [0.29, 0.717) is 12.5 Å². The van der Waals surface area contributed by atoms with E-state index in [1.807, 2.05) is 13.1 Å². The van der Waals surface area contributed by atoms with Crippen molar-refractivity contribution in [2.75, 3.05) is 33.3 Å². The summed E-state index contributed by atoms with van der Waals surface area (Å²) in [7, 11) is 1.88. The van der Waals surface area contributed by atoms with Crippen LogP contribution in [0.5, 0.6) is 0 Å². The Balaban J connectivity index is 1.63. The first-order chi connectivity index (χ1) is 11.8. The van der Waals surface area contributed by atoms with E-state index >= 15 is 0 Å². The van der Waals surface area contributed by atoms with E-state index in [9.17, 15) is 0 Å². The Labute approximate surface area is 147 Å². The standard InChI is InChI=1S/C20H33N3O/c1-3-4-5-9-13-22-20(21-2)23-14-12-19(15-23)17-24-16-18-10-7-6-8-11-18/h6-8,10-11,19H,3-5,9,12-17H2,1-2H3,(H,21,22). The van der Waals surface area contributed by atoms with Gasteiger partial charge in [-0.2, -0.15) is 0 Å². The molecule has 0 radical (unpaired) electrons. The monoisotopic (exact) mass is 331 g/mol. The molecule has 1 aromatic carbocycles. The number of aliphatic imine (C=N–C) groups is 1. The molecule has 4 nitrogen and oxygen atoms in total. The molecular weight excluding hydrogens is 298 g/mol. The molecule has 24 heavy (non-hydrogen) atoms. The molecule has 134 valence electrons. The lowest BCUT2D eigenvalue weighted by molar-refractivity contribution is 0.0907. The number of nitrogens with one attached hydrogen (secondary N) is 1. The predicted molar refractivity (Wildman–Crippen MR) is 101 cm³/mol. The summed E-state index contributed by atoms with van der Waals surface area (Å²) in [6.45, 7) is 6.94. The first-order valence-electron chi connectivity index (χ1n) is 9.40. The average Bonchev–Trinajstić information content (AvgIpc) is 3.08. The van der Waals surface area contributed by atoms with E-state index in [-0.39, 0.29) is 0 Å². The number of likely N-dealkylation sites (tertiary alicyclic amines) is 1. The van der Waals surface area contributed by atoms with Crippen molar-refractivity contribution in [2.24, 2.45) is 10.9 Å². The molecule has 1 atom stereocenters. The number of hydrogen-bond acceptors (Lipinski definition) is 2. The van der Waals surface area contributed by atoms with Gasteiger partial charge in [-0.3, -0.25) is 4.99 Å². The molecule has 1 heterocycles. The molecule has 1 N–H and O–H groups in total. The van der Waals surface area contributed by atoms with Crippen molar-refractivity contribution in [1.29, 1.82) is 0 Å². The maximum absolute atomic E-state index is 5.90. The molecule has 1 fully saturated rings. The van der Waals surface area contributed by atoms with Gasteiger partial charge in [0.1, 0.15) is 0 Å². The summed E-state index contributed by atoms with van der Waals surface area (Å²) in [5.41, 5.74) is 1.25. The molecule has 2 rings (SSSR count). The van der Waals surface area contributed by atoms with Gasteiger partial charge in [0.2, 0.25) is 0 Å². The van der Waals surface area contributed by atoms with Crippen LogP contribution in [0, 0.1) is 5.92 Å². The summed E-state index contributed by atoms with van der Waals surface area (Å²) in [5.74, 6) is 1.66. The van der Waals surface area contributed by atoms with Crippen LogP contribution in [0.3, 0.4) is 0 Å². The van der Waals surface area contributed by atoms with E-state index in [1.54, 1.807) is 0 Å². The molecule has 4 heteroatoms. The highest BCUT2D eigenvalue weighted by atomic mass is 16.5. The van der Waals surface area contributed by atoms with Crippen LogP contribution in [-0.4, -0.2) is 44.1 Å². The van der Waals surface area contributed by atoms with Gasteiger partial charge in [-0.1, -0.05) is 56.5 Å². The predicted octanol–water partition coefficient (Wildman–Crippen LogP) is 3.68. The Morgan fingerprint density at radius 2 is 2.08 bits per heavy atom.